The maximum absolute atomic E-state index is 13.0. The van der Waals surface area contributed by atoms with Gasteiger partial charge in [-0.2, -0.15) is 0 Å². The second kappa shape index (κ2) is 61.0. The van der Waals surface area contributed by atoms with E-state index in [9.17, 15) is 19.4 Å². The SMILES string of the molecule is CC/C=C\C/C=C\C/C=C\C/C=C\C/C=C\C/C=C\C/C=C\C/C=C\C/C=C\C/C=C\CCCCCCC(=O)NC(COP(=O)(O)OCC[N+](C)(C)C)C(O)/C=C/CC/C=C/CCCCCCCCCCCCCCCCCCCC. The number of hydrogen-bond donors (Lipinski definition) is 3. The van der Waals surface area contributed by atoms with E-state index in [0.717, 1.165) is 116 Å². The zero-order chi connectivity index (χ0) is 59.1. The number of aliphatic hydroxyl groups excluding tert-OH is 1. The zero-order valence-electron chi connectivity index (χ0n) is 52.7. The first kappa shape index (κ1) is 77.4. The Hall–Kier alpha value is -3.62. The van der Waals surface area contributed by atoms with E-state index < -0.39 is 20.0 Å². The van der Waals surface area contributed by atoms with E-state index in [2.05, 4.69) is 153 Å². The predicted molar refractivity (Wildman–Crippen MR) is 354 cm³/mol. The number of rotatable bonds is 58. The first-order valence-electron chi connectivity index (χ1n) is 32.7. The fourth-order valence-electron chi connectivity index (χ4n) is 8.73. The number of aliphatic hydroxyl groups is 1. The molecule has 81 heavy (non-hydrogen) atoms. The number of likely N-dealkylation sites (N-methyl/N-ethyl adjacent to an activating group) is 1. The fraction of sp³-hybridized carbons (Fsp3) is 0.653. The van der Waals surface area contributed by atoms with Crippen molar-refractivity contribution in [3.05, 3.63) is 146 Å². The number of unbranched alkanes of at least 4 members (excludes halogenated alkanes) is 23. The Balaban J connectivity index is 4.29. The van der Waals surface area contributed by atoms with Crippen molar-refractivity contribution in [3.63, 3.8) is 0 Å². The Morgan fingerprint density at radius 2 is 0.753 bits per heavy atom. The molecule has 1 amide bonds. The molecule has 0 aromatic heterocycles. The number of phosphoric acid groups is 1. The second-order valence-corrected chi connectivity index (χ2v) is 24.2. The molecule has 3 atom stereocenters. The first-order chi connectivity index (χ1) is 39.5. The molecule has 0 radical (unpaired) electrons. The molecule has 0 aromatic carbocycles. The number of phosphoric ester groups is 1. The van der Waals surface area contributed by atoms with Gasteiger partial charge in [0, 0.05) is 6.42 Å². The molecule has 0 rings (SSSR count). The van der Waals surface area contributed by atoms with Crippen LogP contribution in [-0.4, -0.2) is 73.4 Å². The standard InChI is InChI=1S/C72H123N2O6P/c1-6-8-10-12-14-16-18-20-22-24-26-28-30-32-33-34-35-36-37-38-39-40-41-42-44-46-48-50-52-54-56-58-60-62-64-66-72(76)73-70(69-80-81(77,78)79-68-67-74(3,4)5)71(75)65-63-61-59-57-55-53-51-49-47-45-43-31-29-27-25-23-21-19-17-15-13-11-9-7-2/h8,10,14,16,20,22,26,28,32-33,35-36,38-39,41-42,46,48,52,54-55,57,63,65,70-71,75H,6-7,9,11-13,15,17-19,21,23-25,27,29-31,34,37,40,43-45,47,49-51,53,56,58-62,64,66-69H2,1-5H3,(H-,73,76,77,78)/p+1/b10-8-,16-14-,22-20-,28-26-,33-32-,36-35-,39-38-,42-41-,48-46-,54-52-,57-55+,65-63+. The summed E-state index contributed by atoms with van der Waals surface area (Å²) >= 11 is 0. The molecule has 0 aromatic rings. The summed E-state index contributed by atoms with van der Waals surface area (Å²) in [7, 11) is 1.52. The van der Waals surface area contributed by atoms with Crippen molar-refractivity contribution in [2.45, 2.75) is 264 Å². The minimum Gasteiger partial charge on any atom is -0.387 e. The third kappa shape index (κ3) is 63.8. The molecule has 462 valence electrons. The largest absolute Gasteiger partial charge is 0.472 e. The van der Waals surface area contributed by atoms with Gasteiger partial charge in [-0.15, -0.1) is 0 Å². The van der Waals surface area contributed by atoms with Crippen molar-refractivity contribution >= 4 is 13.7 Å². The summed E-state index contributed by atoms with van der Waals surface area (Å²) in [5.41, 5.74) is 0. The number of hydrogen-bond acceptors (Lipinski definition) is 5. The molecular formula is C72H124N2O6P+. The Kier molecular flexibility index (Phi) is 58.2. The second-order valence-electron chi connectivity index (χ2n) is 22.7. The molecular weight excluding hydrogens is 1020 g/mol. The van der Waals surface area contributed by atoms with Crippen LogP contribution in [0.3, 0.4) is 0 Å². The number of amides is 1. The normalized spacial score (nSPS) is 14.7. The highest BCUT2D eigenvalue weighted by molar-refractivity contribution is 7.47. The van der Waals surface area contributed by atoms with Gasteiger partial charge in [0.2, 0.25) is 5.91 Å². The summed E-state index contributed by atoms with van der Waals surface area (Å²) in [6, 6.07) is -0.890. The van der Waals surface area contributed by atoms with Crippen LogP contribution in [-0.2, 0) is 18.4 Å². The lowest BCUT2D eigenvalue weighted by molar-refractivity contribution is -0.870. The highest BCUT2D eigenvalue weighted by atomic mass is 31.2. The van der Waals surface area contributed by atoms with Crippen LogP contribution in [0.1, 0.15) is 251 Å². The van der Waals surface area contributed by atoms with E-state index in [4.69, 9.17) is 9.05 Å². The van der Waals surface area contributed by atoms with Crippen molar-refractivity contribution in [1.29, 1.82) is 0 Å². The van der Waals surface area contributed by atoms with Crippen LogP contribution in [0.25, 0.3) is 0 Å². The highest BCUT2D eigenvalue weighted by Gasteiger charge is 2.27. The third-order valence-electron chi connectivity index (χ3n) is 13.8. The van der Waals surface area contributed by atoms with Gasteiger partial charge < -0.3 is 19.8 Å². The third-order valence-corrected chi connectivity index (χ3v) is 14.8. The summed E-state index contributed by atoms with van der Waals surface area (Å²) in [6.45, 7) is 4.66. The first-order valence-corrected chi connectivity index (χ1v) is 34.2. The Labute approximate surface area is 499 Å². The number of quaternary nitrogens is 1. The molecule has 0 spiro atoms. The fourth-order valence-corrected chi connectivity index (χ4v) is 9.47. The average Bonchev–Trinajstić information content (AvgIpc) is 3.43. The summed E-state index contributed by atoms with van der Waals surface area (Å²) in [5, 5.41) is 13.9. The molecule has 0 saturated heterocycles. The smallest absolute Gasteiger partial charge is 0.387 e. The average molecular weight is 1140 g/mol. The van der Waals surface area contributed by atoms with Gasteiger partial charge in [-0.3, -0.25) is 13.8 Å². The summed E-state index contributed by atoms with van der Waals surface area (Å²) in [5.74, 6) is -0.216. The Morgan fingerprint density at radius 3 is 1.14 bits per heavy atom. The van der Waals surface area contributed by atoms with E-state index in [1.807, 2.05) is 27.2 Å². The monoisotopic (exact) mass is 1140 g/mol. The number of nitrogens with zero attached hydrogens (tertiary/aromatic N) is 1. The predicted octanol–water partition coefficient (Wildman–Crippen LogP) is 20.8. The van der Waals surface area contributed by atoms with Crippen molar-refractivity contribution in [2.24, 2.45) is 0 Å². The van der Waals surface area contributed by atoms with E-state index in [0.29, 0.717) is 17.4 Å². The van der Waals surface area contributed by atoms with E-state index in [1.165, 1.54) is 116 Å². The van der Waals surface area contributed by atoms with Gasteiger partial charge in [-0.1, -0.05) is 282 Å². The van der Waals surface area contributed by atoms with Gasteiger partial charge in [0.25, 0.3) is 0 Å². The van der Waals surface area contributed by atoms with E-state index >= 15 is 0 Å². The quantitative estimate of drug-likeness (QED) is 0.0243. The van der Waals surface area contributed by atoms with Crippen molar-refractivity contribution in [2.75, 3.05) is 40.9 Å². The van der Waals surface area contributed by atoms with Crippen molar-refractivity contribution in [3.8, 4) is 0 Å². The van der Waals surface area contributed by atoms with Gasteiger partial charge in [-0.25, -0.2) is 4.57 Å². The van der Waals surface area contributed by atoms with Gasteiger partial charge >= 0.3 is 7.82 Å². The molecule has 9 heteroatoms. The minimum atomic E-state index is -4.38. The lowest BCUT2D eigenvalue weighted by atomic mass is 10.0. The molecule has 3 unspecified atom stereocenters. The molecule has 8 nitrogen and oxygen atoms in total. The topological polar surface area (TPSA) is 105 Å². The maximum atomic E-state index is 13.0. The molecule has 0 aliphatic rings. The van der Waals surface area contributed by atoms with Crippen LogP contribution < -0.4 is 5.32 Å². The van der Waals surface area contributed by atoms with Crippen LogP contribution in [0.5, 0.6) is 0 Å². The molecule has 0 fully saturated rings. The van der Waals surface area contributed by atoms with Gasteiger partial charge in [-0.05, 0) is 109 Å². The zero-order valence-corrected chi connectivity index (χ0v) is 53.6. The summed E-state index contributed by atoms with van der Waals surface area (Å²) in [6.07, 6.45) is 94.0. The number of carbonyl (C=O) groups is 1. The Morgan fingerprint density at radius 1 is 0.432 bits per heavy atom. The van der Waals surface area contributed by atoms with Crippen LogP contribution in [0.2, 0.25) is 0 Å². The molecule has 3 N–H and O–H groups in total. The number of nitrogens with one attached hydrogen (secondary N) is 1. The molecule has 0 aliphatic carbocycles. The van der Waals surface area contributed by atoms with Crippen molar-refractivity contribution < 1.29 is 32.9 Å². The van der Waals surface area contributed by atoms with Crippen LogP contribution >= 0.6 is 7.82 Å². The van der Waals surface area contributed by atoms with Gasteiger partial charge in [0.05, 0.1) is 39.9 Å². The van der Waals surface area contributed by atoms with Gasteiger partial charge in [0.15, 0.2) is 0 Å². The number of allylic oxidation sites excluding steroid dienone is 23. The number of carbonyl (C=O) groups excluding carboxylic acids is 1. The highest BCUT2D eigenvalue weighted by Crippen LogP contribution is 2.43. The van der Waals surface area contributed by atoms with Crippen LogP contribution in [0, 0.1) is 0 Å². The molecule has 0 aliphatic heterocycles. The van der Waals surface area contributed by atoms with E-state index in [1.54, 1.807) is 6.08 Å². The lowest BCUT2D eigenvalue weighted by Gasteiger charge is -2.25. The molecule has 0 bridgehead atoms. The maximum Gasteiger partial charge on any atom is 0.472 e. The molecule has 0 heterocycles. The summed E-state index contributed by atoms with van der Waals surface area (Å²) in [4.78, 5) is 23.4. The van der Waals surface area contributed by atoms with E-state index in [-0.39, 0.29) is 19.1 Å². The molecule has 0 saturated carbocycles. The van der Waals surface area contributed by atoms with Crippen LogP contribution in [0.15, 0.2) is 146 Å². The lowest BCUT2D eigenvalue weighted by Crippen LogP contribution is -2.45. The Bertz CT molecular complexity index is 1830. The minimum absolute atomic E-state index is 0.0429. The van der Waals surface area contributed by atoms with Crippen LogP contribution in [0.4, 0.5) is 0 Å². The van der Waals surface area contributed by atoms with Crippen molar-refractivity contribution in [1.82, 2.24) is 5.32 Å². The van der Waals surface area contributed by atoms with Gasteiger partial charge in [0.1, 0.15) is 13.2 Å². The summed E-state index contributed by atoms with van der Waals surface area (Å²) < 4.78 is 23.7.